The maximum absolute atomic E-state index is 12.1. The lowest BCUT2D eigenvalue weighted by Crippen LogP contribution is -2.24. The summed E-state index contributed by atoms with van der Waals surface area (Å²) in [6, 6.07) is 15.4. The summed E-state index contributed by atoms with van der Waals surface area (Å²) in [4.78, 5) is 36.4. The summed E-state index contributed by atoms with van der Waals surface area (Å²) < 4.78 is 5.13. The molecule has 0 saturated carbocycles. The maximum atomic E-state index is 12.1. The Bertz CT molecular complexity index is 1070. The first kappa shape index (κ1) is 21.5. The van der Waals surface area contributed by atoms with Gasteiger partial charge in [-0.1, -0.05) is 29.8 Å². The highest BCUT2D eigenvalue weighted by Gasteiger charge is 2.14. The Morgan fingerprint density at radius 2 is 1.73 bits per heavy atom. The molecule has 0 aliphatic heterocycles. The van der Waals surface area contributed by atoms with Crippen molar-refractivity contribution >= 4 is 52.1 Å². The summed E-state index contributed by atoms with van der Waals surface area (Å²) in [5.74, 6) is -2.23. The van der Waals surface area contributed by atoms with Crippen LogP contribution < -0.4 is 10.6 Å². The third kappa shape index (κ3) is 5.90. The van der Waals surface area contributed by atoms with E-state index in [9.17, 15) is 19.5 Å². The largest absolute Gasteiger partial charge is 0.478 e. The third-order valence-corrected chi connectivity index (χ3v) is 5.06. The molecule has 0 atom stereocenters. The SMILES string of the molecule is O=C(COCC(=O)Nc1ccc(Cl)cc1C(=O)O)Nc1cccc(-c2cccs2)c1. The number of amides is 2. The van der Waals surface area contributed by atoms with Crippen molar-refractivity contribution in [1.29, 1.82) is 0 Å². The minimum absolute atomic E-state index is 0.0929. The van der Waals surface area contributed by atoms with Crippen LogP contribution in [0.1, 0.15) is 10.4 Å². The zero-order valence-corrected chi connectivity index (χ0v) is 17.1. The van der Waals surface area contributed by atoms with Crippen molar-refractivity contribution in [2.75, 3.05) is 23.8 Å². The van der Waals surface area contributed by atoms with E-state index in [1.54, 1.807) is 17.4 Å². The van der Waals surface area contributed by atoms with E-state index in [0.29, 0.717) is 5.69 Å². The molecule has 30 heavy (non-hydrogen) atoms. The highest BCUT2D eigenvalue weighted by molar-refractivity contribution is 7.13. The molecule has 0 unspecified atom stereocenters. The van der Waals surface area contributed by atoms with Gasteiger partial charge in [0.25, 0.3) is 0 Å². The van der Waals surface area contributed by atoms with Crippen LogP contribution in [0.25, 0.3) is 10.4 Å². The van der Waals surface area contributed by atoms with Crippen LogP contribution in [0, 0.1) is 0 Å². The monoisotopic (exact) mass is 444 g/mol. The van der Waals surface area contributed by atoms with Crippen LogP contribution in [0.15, 0.2) is 60.0 Å². The molecule has 2 aromatic carbocycles. The summed E-state index contributed by atoms with van der Waals surface area (Å²) in [5.41, 5.74) is 1.56. The molecule has 0 spiro atoms. The number of hydrogen-bond donors (Lipinski definition) is 3. The second-order valence-corrected chi connectivity index (χ2v) is 7.53. The molecule has 3 N–H and O–H groups in total. The molecule has 3 aromatic rings. The molecule has 0 saturated heterocycles. The van der Waals surface area contributed by atoms with E-state index >= 15 is 0 Å². The number of carbonyl (C=O) groups is 3. The quantitative estimate of drug-likeness (QED) is 0.478. The lowest BCUT2D eigenvalue weighted by Gasteiger charge is -2.10. The molecule has 9 heteroatoms. The van der Waals surface area contributed by atoms with Crippen LogP contribution in [0.5, 0.6) is 0 Å². The van der Waals surface area contributed by atoms with Crippen LogP contribution in [-0.2, 0) is 14.3 Å². The molecule has 2 amide bonds. The molecule has 0 fully saturated rings. The molecule has 7 nitrogen and oxygen atoms in total. The number of nitrogens with one attached hydrogen (secondary N) is 2. The van der Waals surface area contributed by atoms with Gasteiger partial charge in [-0.15, -0.1) is 11.3 Å². The number of hydrogen-bond acceptors (Lipinski definition) is 5. The van der Waals surface area contributed by atoms with Crippen LogP contribution >= 0.6 is 22.9 Å². The van der Waals surface area contributed by atoms with Gasteiger partial charge in [0.05, 0.1) is 11.3 Å². The Labute approximate surface area is 181 Å². The zero-order valence-electron chi connectivity index (χ0n) is 15.6. The molecular formula is C21H17ClN2O5S. The Balaban J connectivity index is 1.49. The standard InChI is InChI=1S/C21H17ClN2O5S/c22-14-6-7-17(16(10-14)21(27)28)24-20(26)12-29-11-19(25)23-15-4-1-3-13(9-15)18-5-2-8-30-18/h1-10H,11-12H2,(H,23,25)(H,24,26)(H,27,28). The van der Waals surface area contributed by atoms with Gasteiger partial charge in [0.15, 0.2) is 0 Å². The van der Waals surface area contributed by atoms with E-state index in [0.717, 1.165) is 10.4 Å². The number of carbonyl (C=O) groups excluding carboxylic acids is 2. The van der Waals surface area contributed by atoms with E-state index in [2.05, 4.69) is 10.6 Å². The lowest BCUT2D eigenvalue weighted by molar-refractivity contribution is -0.125. The molecule has 3 rings (SSSR count). The lowest BCUT2D eigenvalue weighted by atomic mass is 10.1. The second-order valence-electron chi connectivity index (χ2n) is 6.14. The number of halogens is 1. The Kier molecular flexibility index (Phi) is 7.18. The van der Waals surface area contributed by atoms with Crippen molar-refractivity contribution in [3.05, 3.63) is 70.6 Å². The van der Waals surface area contributed by atoms with Crippen molar-refractivity contribution in [3.63, 3.8) is 0 Å². The molecule has 0 aliphatic rings. The minimum Gasteiger partial charge on any atom is -0.478 e. The number of ether oxygens (including phenoxy) is 1. The average Bonchev–Trinajstić information content (AvgIpc) is 3.24. The fourth-order valence-electron chi connectivity index (χ4n) is 2.62. The Morgan fingerprint density at radius 1 is 0.967 bits per heavy atom. The van der Waals surface area contributed by atoms with Gasteiger partial charge in [-0.05, 0) is 47.3 Å². The Hall–Kier alpha value is -3.20. The molecule has 0 aliphatic carbocycles. The number of anilines is 2. The van der Waals surface area contributed by atoms with Gasteiger partial charge in [0.2, 0.25) is 11.8 Å². The Morgan fingerprint density at radius 3 is 2.43 bits per heavy atom. The highest BCUT2D eigenvalue weighted by atomic mass is 35.5. The second kappa shape index (κ2) is 10.0. The van der Waals surface area contributed by atoms with Crippen molar-refractivity contribution in [2.45, 2.75) is 0 Å². The van der Waals surface area contributed by atoms with E-state index in [1.165, 1.54) is 18.2 Å². The molecule has 154 valence electrons. The number of aromatic carboxylic acids is 1. The molecule has 1 heterocycles. The summed E-state index contributed by atoms with van der Waals surface area (Å²) in [7, 11) is 0. The zero-order chi connectivity index (χ0) is 21.5. The number of carboxylic acids is 1. The van der Waals surface area contributed by atoms with Gasteiger partial charge in [0, 0.05) is 15.6 Å². The summed E-state index contributed by atoms with van der Waals surface area (Å²) in [6.07, 6.45) is 0. The van der Waals surface area contributed by atoms with E-state index in [-0.39, 0.29) is 22.9 Å². The first-order valence-corrected chi connectivity index (χ1v) is 10.0. The fourth-order valence-corrected chi connectivity index (χ4v) is 3.51. The van der Waals surface area contributed by atoms with Crippen LogP contribution in [-0.4, -0.2) is 36.1 Å². The molecule has 0 radical (unpaired) electrons. The van der Waals surface area contributed by atoms with Gasteiger partial charge in [-0.3, -0.25) is 9.59 Å². The van der Waals surface area contributed by atoms with Crippen molar-refractivity contribution in [2.24, 2.45) is 0 Å². The number of thiophene rings is 1. The predicted octanol–water partition coefficient (Wildman–Crippen LogP) is 4.36. The van der Waals surface area contributed by atoms with Gasteiger partial charge >= 0.3 is 5.97 Å². The van der Waals surface area contributed by atoms with E-state index < -0.39 is 24.4 Å². The van der Waals surface area contributed by atoms with Gasteiger partial charge in [-0.2, -0.15) is 0 Å². The van der Waals surface area contributed by atoms with Gasteiger partial charge < -0.3 is 20.5 Å². The smallest absolute Gasteiger partial charge is 0.337 e. The fraction of sp³-hybridized carbons (Fsp3) is 0.0952. The van der Waals surface area contributed by atoms with Crippen LogP contribution in [0.4, 0.5) is 11.4 Å². The minimum atomic E-state index is -1.22. The molecular weight excluding hydrogens is 428 g/mol. The summed E-state index contributed by atoms with van der Waals surface area (Å²) >= 11 is 7.38. The van der Waals surface area contributed by atoms with E-state index in [4.69, 9.17) is 16.3 Å². The number of benzene rings is 2. The van der Waals surface area contributed by atoms with Crippen LogP contribution in [0.2, 0.25) is 5.02 Å². The van der Waals surface area contributed by atoms with E-state index in [1.807, 2.05) is 35.7 Å². The van der Waals surface area contributed by atoms with Crippen molar-refractivity contribution in [1.82, 2.24) is 0 Å². The van der Waals surface area contributed by atoms with Crippen molar-refractivity contribution in [3.8, 4) is 10.4 Å². The number of carboxylic acid groups (broad SMARTS) is 1. The summed E-state index contributed by atoms with van der Waals surface area (Å²) in [5, 5.41) is 16.5. The third-order valence-electron chi connectivity index (χ3n) is 3.90. The van der Waals surface area contributed by atoms with Crippen LogP contribution in [0.3, 0.4) is 0 Å². The van der Waals surface area contributed by atoms with Crippen molar-refractivity contribution < 1.29 is 24.2 Å². The van der Waals surface area contributed by atoms with Gasteiger partial charge in [0.1, 0.15) is 13.2 Å². The van der Waals surface area contributed by atoms with Gasteiger partial charge in [-0.25, -0.2) is 4.79 Å². The molecule has 0 bridgehead atoms. The first-order chi connectivity index (χ1) is 14.4. The summed E-state index contributed by atoms with van der Waals surface area (Å²) in [6.45, 7) is -0.743. The molecule has 1 aromatic heterocycles. The first-order valence-electron chi connectivity index (χ1n) is 8.76. The maximum Gasteiger partial charge on any atom is 0.337 e. The highest BCUT2D eigenvalue weighted by Crippen LogP contribution is 2.26. The normalized spacial score (nSPS) is 10.4. The number of rotatable bonds is 8. The topological polar surface area (TPSA) is 105 Å². The average molecular weight is 445 g/mol. The predicted molar refractivity (Wildman–Crippen MR) is 116 cm³/mol.